The van der Waals surface area contributed by atoms with Crippen molar-refractivity contribution in [2.24, 2.45) is 0 Å². The highest BCUT2D eigenvalue weighted by molar-refractivity contribution is 7.91. The number of aromatic nitrogens is 2. The van der Waals surface area contributed by atoms with Crippen molar-refractivity contribution >= 4 is 74.2 Å². The molecule has 0 radical (unpaired) electrons. The number of ketones is 1. The highest BCUT2D eigenvalue weighted by atomic mass is 35.5. The molecule has 0 bridgehead atoms. The van der Waals surface area contributed by atoms with Gasteiger partial charge in [-0.05, 0) is 63.6 Å². The molecule has 0 unspecified atom stereocenters. The first-order valence-electron chi connectivity index (χ1n) is 14.9. The number of hydrogen-bond acceptors (Lipinski definition) is 7. The largest absolute Gasteiger partial charge is 0.496 e. The Balaban J connectivity index is 1.47. The van der Waals surface area contributed by atoms with Crippen LogP contribution in [-0.2, 0) is 25.1 Å². The lowest BCUT2D eigenvalue weighted by Crippen LogP contribution is -2.41. The van der Waals surface area contributed by atoms with Crippen molar-refractivity contribution in [2.45, 2.75) is 44.6 Å². The number of halogens is 4. The van der Waals surface area contributed by atoms with Gasteiger partial charge in [-0.1, -0.05) is 59.6 Å². The van der Waals surface area contributed by atoms with E-state index in [0.29, 0.717) is 11.0 Å². The molecule has 9 nitrogen and oxygen atoms in total. The molecule has 252 valence electrons. The molecule has 6 rings (SSSR count). The average Bonchev–Trinajstić information content (AvgIpc) is 3.51. The predicted molar refractivity (Wildman–Crippen MR) is 184 cm³/mol. The van der Waals surface area contributed by atoms with Crippen LogP contribution in [0.2, 0.25) is 10.0 Å². The standard InChI is InChI=1S/C34H28BCl2F2N3O6S/c1-33(2)34(3,4)48-35(47-33)20-15-21-22(17-42(31(21)40-16-20)32(44)27-23(36)11-8-12-24(27)37)30(43)28-25(38)13-14-26(29(28)39)41-49(45,46)18-19-9-6-5-7-10-19/h5-17,41H,18H2,1-4H3. The maximum absolute atomic E-state index is 16.0. The van der Waals surface area contributed by atoms with Gasteiger partial charge in [-0.3, -0.25) is 18.9 Å². The molecule has 1 fully saturated rings. The summed E-state index contributed by atoms with van der Waals surface area (Å²) in [5, 5.41) is 0.0740. The second-order valence-electron chi connectivity index (χ2n) is 12.5. The normalized spacial score (nSPS) is 15.5. The van der Waals surface area contributed by atoms with Gasteiger partial charge in [0, 0.05) is 23.2 Å². The van der Waals surface area contributed by atoms with Crippen LogP contribution in [0.5, 0.6) is 0 Å². The number of pyridine rings is 1. The van der Waals surface area contributed by atoms with E-state index in [-0.39, 0.29) is 32.2 Å². The number of fused-ring (bicyclic) bond motifs is 1. The summed E-state index contributed by atoms with van der Waals surface area (Å²) >= 11 is 12.6. The van der Waals surface area contributed by atoms with Crippen molar-refractivity contribution in [3.8, 4) is 0 Å². The molecule has 1 saturated heterocycles. The Morgan fingerprint density at radius 2 is 1.55 bits per heavy atom. The Morgan fingerprint density at radius 1 is 0.918 bits per heavy atom. The summed E-state index contributed by atoms with van der Waals surface area (Å²) in [6.07, 6.45) is 2.49. The Labute approximate surface area is 291 Å². The fourth-order valence-corrected chi connectivity index (χ4v) is 7.12. The number of rotatable bonds is 8. The van der Waals surface area contributed by atoms with E-state index in [1.54, 1.807) is 36.4 Å². The molecule has 49 heavy (non-hydrogen) atoms. The van der Waals surface area contributed by atoms with Crippen molar-refractivity contribution in [3.05, 3.63) is 123 Å². The first kappa shape index (κ1) is 34.7. The lowest BCUT2D eigenvalue weighted by atomic mass is 9.79. The van der Waals surface area contributed by atoms with Crippen LogP contribution < -0.4 is 10.2 Å². The lowest BCUT2D eigenvalue weighted by Gasteiger charge is -2.32. The minimum atomic E-state index is -4.18. The van der Waals surface area contributed by atoms with Crippen molar-refractivity contribution in [2.75, 3.05) is 4.72 Å². The summed E-state index contributed by atoms with van der Waals surface area (Å²) in [6.45, 7) is 7.40. The highest BCUT2D eigenvalue weighted by Gasteiger charge is 2.52. The van der Waals surface area contributed by atoms with Crippen LogP contribution in [0.3, 0.4) is 0 Å². The monoisotopic (exact) mass is 725 g/mol. The zero-order valence-electron chi connectivity index (χ0n) is 26.6. The molecule has 1 aliphatic heterocycles. The van der Waals surface area contributed by atoms with Crippen LogP contribution in [0.4, 0.5) is 14.5 Å². The molecular formula is C34H28BCl2F2N3O6S. The minimum absolute atomic E-state index is 0.0219. The molecule has 0 atom stereocenters. The van der Waals surface area contributed by atoms with Gasteiger partial charge in [-0.25, -0.2) is 22.2 Å². The summed E-state index contributed by atoms with van der Waals surface area (Å²) in [6, 6.07) is 15.8. The zero-order valence-corrected chi connectivity index (χ0v) is 28.9. The van der Waals surface area contributed by atoms with Crippen molar-refractivity contribution in [1.82, 2.24) is 9.55 Å². The topological polar surface area (TPSA) is 117 Å². The molecular weight excluding hydrogens is 698 g/mol. The fourth-order valence-electron chi connectivity index (χ4n) is 5.36. The zero-order chi connectivity index (χ0) is 35.5. The van der Waals surface area contributed by atoms with Gasteiger partial charge in [0.1, 0.15) is 11.5 Å². The maximum Gasteiger partial charge on any atom is 0.496 e. The lowest BCUT2D eigenvalue weighted by molar-refractivity contribution is 0.00578. The number of nitrogens with one attached hydrogen (secondary N) is 1. The van der Waals surface area contributed by atoms with Gasteiger partial charge in [0.05, 0.1) is 49.4 Å². The van der Waals surface area contributed by atoms with Crippen LogP contribution in [-0.4, -0.2) is 48.0 Å². The van der Waals surface area contributed by atoms with Crippen LogP contribution in [0, 0.1) is 11.6 Å². The summed E-state index contributed by atoms with van der Waals surface area (Å²) in [4.78, 5) is 32.4. The van der Waals surface area contributed by atoms with E-state index in [4.69, 9.17) is 32.5 Å². The third-order valence-corrected chi connectivity index (χ3v) is 10.5. The Morgan fingerprint density at radius 3 is 2.18 bits per heavy atom. The predicted octanol–water partition coefficient (Wildman–Crippen LogP) is 6.78. The van der Waals surface area contributed by atoms with Gasteiger partial charge in [0.15, 0.2) is 5.82 Å². The SMILES string of the molecule is CC1(C)OB(c2cnc3c(c2)c(C(=O)c2c(F)ccc(NS(=O)(=O)Cc4ccccc4)c2F)cn3C(=O)c2c(Cl)cccc2Cl)OC1(C)C. The van der Waals surface area contributed by atoms with E-state index in [2.05, 4.69) is 9.71 Å². The maximum atomic E-state index is 16.0. The smallest absolute Gasteiger partial charge is 0.399 e. The molecule has 0 aliphatic carbocycles. The van der Waals surface area contributed by atoms with Crippen molar-refractivity contribution < 1.29 is 36.1 Å². The van der Waals surface area contributed by atoms with Gasteiger partial charge >= 0.3 is 7.12 Å². The van der Waals surface area contributed by atoms with E-state index < -0.39 is 68.7 Å². The molecule has 0 saturated carbocycles. The fraction of sp³-hybridized carbons (Fsp3) is 0.206. The van der Waals surface area contributed by atoms with Crippen molar-refractivity contribution in [3.63, 3.8) is 0 Å². The van der Waals surface area contributed by atoms with Gasteiger partial charge in [-0.2, -0.15) is 0 Å². The van der Waals surface area contributed by atoms with Gasteiger partial charge in [-0.15, -0.1) is 0 Å². The molecule has 3 aromatic carbocycles. The van der Waals surface area contributed by atoms with Crippen molar-refractivity contribution in [1.29, 1.82) is 0 Å². The van der Waals surface area contributed by atoms with E-state index in [0.717, 1.165) is 22.9 Å². The number of sulfonamides is 1. The molecule has 15 heteroatoms. The first-order valence-corrected chi connectivity index (χ1v) is 17.3. The number of anilines is 1. The van der Waals surface area contributed by atoms with Crippen LogP contribution in [0.25, 0.3) is 11.0 Å². The highest BCUT2D eigenvalue weighted by Crippen LogP contribution is 2.37. The summed E-state index contributed by atoms with van der Waals surface area (Å²) in [7, 11) is -5.11. The number of hydrogen-bond donors (Lipinski definition) is 1. The number of carbonyl (C=O) groups excluding carboxylic acids is 2. The van der Waals surface area contributed by atoms with E-state index in [9.17, 15) is 18.0 Å². The minimum Gasteiger partial charge on any atom is -0.399 e. The second kappa shape index (κ2) is 12.6. The number of nitrogens with zero attached hydrogens (tertiary/aromatic N) is 2. The number of carbonyl (C=O) groups is 2. The Hall–Kier alpha value is -4.14. The summed E-state index contributed by atoms with van der Waals surface area (Å²) in [5.41, 5.74) is -2.82. The second-order valence-corrected chi connectivity index (χ2v) is 15.0. The molecule has 3 heterocycles. The molecule has 0 amide bonds. The Kier molecular flexibility index (Phi) is 8.95. The number of benzene rings is 3. The molecule has 5 aromatic rings. The van der Waals surface area contributed by atoms with E-state index in [1.807, 2.05) is 27.7 Å². The molecule has 2 aromatic heterocycles. The summed E-state index contributed by atoms with van der Waals surface area (Å²) < 4.78 is 72.6. The average molecular weight is 726 g/mol. The van der Waals surface area contributed by atoms with Crippen LogP contribution in [0.1, 0.15) is 59.5 Å². The van der Waals surface area contributed by atoms with E-state index in [1.165, 1.54) is 24.4 Å². The quantitative estimate of drug-likeness (QED) is 0.139. The van der Waals surface area contributed by atoms with Crippen LogP contribution in [0.15, 0.2) is 79.1 Å². The summed E-state index contributed by atoms with van der Waals surface area (Å²) in [5.74, 6) is -5.16. The van der Waals surface area contributed by atoms with Crippen LogP contribution >= 0.6 is 23.2 Å². The third kappa shape index (κ3) is 6.49. The van der Waals surface area contributed by atoms with Gasteiger partial charge in [0.25, 0.3) is 5.91 Å². The molecule has 0 spiro atoms. The van der Waals surface area contributed by atoms with Gasteiger partial charge in [0.2, 0.25) is 15.8 Å². The van der Waals surface area contributed by atoms with E-state index >= 15 is 8.78 Å². The third-order valence-electron chi connectivity index (χ3n) is 8.61. The van der Waals surface area contributed by atoms with Gasteiger partial charge < -0.3 is 9.31 Å². The first-order chi connectivity index (χ1) is 23.0. The Bertz CT molecular complexity index is 2230. The molecule has 1 aliphatic rings. The molecule has 1 N–H and O–H groups in total.